The van der Waals surface area contributed by atoms with Gasteiger partial charge in [-0.2, -0.15) is 0 Å². The maximum absolute atomic E-state index is 5.18. The number of fused-ring (bicyclic) bond motifs is 2. The minimum atomic E-state index is 0.803. The number of hydrogen-bond donors (Lipinski definition) is 0. The largest absolute Gasteiger partial charge is 0.276 e. The number of benzene rings is 4. The number of aromatic nitrogens is 5. The molecule has 0 radical (unpaired) electrons. The van der Waals surface area contributed by atoms with E-state index >= 15 is 0 Å². The predicted octanol–water partition coefficient (Wildman–Crippen LogP) is 7.09. The standard InChI is InChI=1S/C31H21N5/c1-3-12-22(13-4-1)30-32-24-16-7-9-18-26(24)35(30)28-20-11-21-29(34-28)36-27-19-10-8-17-25(27)33-31(36)23-14-5-2-6-15-23/h1-21H. The molecular formula is C31H21N5. The van der Waals surface area contributed by atoms with Gasteiger partial charge in [0.05, 0.1) is 22.1 Å². The Morgan fingerprint density at radius 2 is 0.778 bits per heavy atom. The Morgan fingerprint density at radius 1 is 0.361 bits per heavy atom. The van der Waals surface area contributed by atoms with Crippen LogP contribution in [-0.4, -0.2) is 24.1 Å². The molecule has 0 saturated carbocycles. The van der Waals surface area contributed by atoms with Crippen LogP contribution in [0.25, 0.3) is 56.5 Å². The SMILES string of the molecule is c1ccc(-c2nc3ccccc3n2-c2cccc(-n3c(-c4ccccc4)nc4ccccc43)n2)cc1. The first-order chi connectivity index (χ1) is 17.9. The van der Waals surface area contributed by atoms with E-state index in [1.807, 2.05) is 91.0 Å². The Balaban J connectivity index is 1.49. The second-order valence-corrected chi connectivity index (χ2v) is 8.61. The van der Waals surface area contributed by atoms with Crippen molar-refractivity contribution < 1.29 is 0 Å². The molecule has 5 heteroatoms. The Hall–Kier alpha value is -5.03. The highest BCUT2D eigenvalue weighted by Crippen LogP contribution is 2.31. The maximum atomic E-state index is 5.18. The lowest BCUT2D eigenvalue weighted by Gasteiger charge is -2.13. The Bertz CT molecular complexity index is 1700. The third-order valence-electron chi connectivity index (χ3n) is 6.36. The highest BCUT2D eigenvalue weighted by atomic mass is 15.2. The molecule has 3 aromatic heterocycles. The second kappa shape index (κ2) is 8.32. The summed E-state index contributed by atoms with van der Waals surface area (Å²) in [5, 5.41) is 0. The number of para-hydroxylation sites is 4. The van der Waals surface area contributed by atoms with Crippen molar-refractivity contribution in [3.05, 3.63) is 127 Å². The fourth-order valence-electron chi connectivity index (χ4n) is 4.74. The van der Waals surface area contributed by atoms with Gasteiger partial charge >= 0.3 is 0 Å². The van der Waals surface area contributed by atoms with Gasteiger partial charge in [-0.15, -0.1) is 0 Å². The minimum Gasteiger partial charge on any atom is -0.276 e. The lowest BCUT2D eigenvalue weighted by Crippen LogP contribution is -2.05. The number of nitrogens with zero attached hydrogens (tertiary/aromatic N) is 5. The molecule has 7 rings (SSSR count). The Morgan fingerprint density at radius 3 is 1.25 bits per heavy atom. The summed E-state index contributed by atoms with van der Waals surface area (Å²) in [5.41, 5.74) is 5.97. The fraction of sp³-hybridized carbons (Fsp3) is 0. The van der Waals surface area contributed by atoms with Gasteiger partial charge in [0.2, 0.25) is 0 Å². The molecule has 5 nitrogen and oxygen atoms in total. The molecule has 0 fully saturated rings. The van der Waals surface area contributed by atoms with Crippen molar-refractivity contribution in [2.45, 2.75) is 0 Å². The average Bonchev–Trinajstić information content (AvgIpc) is 3.53. The van der Waals surface area contributed by atoms with Crippen LogP contribution in [-0.2, 0) is 0 Å². The van der Waals surface area contributed by atoms with Crippen LogP contribution in [0.2, 0.25) is 0 Å². The fourth-order valence-corrected chi connectivity index (χ4v) is 4.74. The van der Waals surface area contributed by atoms with Crippen LogP contribution >= 0.6 is 0 Å². The number of rotatable bonds is 4. The summed E-state index contributed by atoms with van der Waals surface area (Å²) in [4.78, 5) is 15.1. The van der Waals surface area contributed by atoms with E-state index in [1.54, 1.807) is 0 Å². The van der Waals surface area contributed by atoms with Gasteiger partial charge < -0.3 is 0 Å². The quantitative estimate of drug-likeness (QED) is 0.280. The van der Waals surface area contributed by atoms with Crippen LogP contribution < -0.4 is 0 Å². The Kier molecular flexibility index (Phi) is 4.71. The molecule has 0 atom stereocenters. The van der Waals surface area contributed by atoms with Gasteiger partial charge in [-0.1, -0.05) is 91.0 Å². The second-order valence-electron chi connectivity index (χ2n) is 8.61. The third-order valence-corrected chi connectivity index (χ3v) is 6.36. The van der Waals surface area contributed by atoms with E-state index in [4.69, 9.17) is 15.0 Å². The van der Waals surface area contributed by atoms with Gasteiger partial charge in [0.15, 0.2) is 0 Å². The summed E-state index contributed by atoms with van der Waals surface area (Å²) in [5.74, 6) is 3.33. The summed E-state index contributed by atoms with van der Waals surface area (Å²) in [6, 6.07) is 43.0. The molecule has 0 unspecified atom stereocenters. The minimum absolute atomic E-state index is 0.803. The average molecular weight is 464 g/mol. The van der Waals surface area contributed by atoms with Crippen molar-refractivity contribution >= 4 is 22.1 Å². The summed E-state index contributed by atoms with van der Waals surface area (Å²) < 4.78 is 4.27. The predicted molar refractivity (Wildman–Crippen MR) is 144 cm³/mol. The van der Waals surface area contributed by atoms with E-state index in [0.29, 0.717) is 0 Å². The first-order valence-corrected chi connectivity index (χ1v) is 11.9. The van der Waals surface area contributed by atoms with Gasteiger partial charge in [-0.3, -0.25) is 9.13 Å². The molecule has 7 aromatic rings. The monoisotopic (exact) mass is 463 g/mol. The summed E-state index contributed by atoms with van der Waals surface area (Å²) in [7, 11) is 0. The zero-order chi connectivity index (χ0) is 23.9. The van der Waals surface area contributed by atoms with Crippen molar-refractivity contribution in [3.63, 3.8) is 0 Å². The molecule has 4 aromatic carbocycles. The molecule has 0 bridgehead atoms. The van der Waals surface area contributed by atoms with Gasteiger partial charge in [0, 0.05) is 11.1 Å². The summed E-state index contributed by atoms with van der Waals surface area (Å²) in [6.45, 7) is 0. The molecule has 170 valence electrons. The van der Waals surface area contributed by atoms with Crippen LogP contribution in [0, 0.1) is 0 Å². The Labute approximate surface area is 208 Å². The molecule has 0 amide bonds. The lowest BCUT2D eigenvalue weighted by molar-refractivity contribution is 0.971. The van der Waals surface area contributed by atoms with E-state index in [0.717, 1.165) is 56.5 Å². The molecule has 0 aliphatic carbocycles. The van der Waals surface area contributed by atoms with E-state index in [-0.39, 0.29) is 0 Å². The molecule has 0 N–H and O–H groups in total. The van der Waals surface area contributed by atoms with Crippen molar-refractivity contribution in [3.8, 4) is 34.4 Å². The van der Waals surface area contributed by atoms with Crippen molar-refractivity contribution in [1.29, 1.82) is 0 Å². The molecule has 3 heterocycles. The smallest absolute Gasteiger partial charge is 0.146 e. The first-order valence-electron chi connectivity index (χ1n) is 11.9. The van der Waals surface area contributed by atoms with Crippen LogP contribution in [0.1, 0.15) is 0 Å². The van der Waals surface area contributed by atoms with E-state index < -0.39 is 0 Å². The number of pyridine rings is 1. The number of imidazole rings is 2. The van der Waals surface area contributed by atoms with E-state index in [9.17, 15) is 0 Å². The van der Waals surface area contributed by atoms with Crippen LogP contribution in [0.3, 0.4) is 0 Å². The molecule has 36 heavy (non-hydrogen) atoms. The normalized spacial score (nSPS) is 11.3. The van der Waals surface area contributed by atoms with Gasteiger partial charge in [0.25, 0.3) is 0 Å². The lowest BCUT2D eigenvalue weighted by atomic mass is 10.2. The zero-order valence-corrected chi connectivity index (χ0v) is 19.4. The summed E-state index contributed by atoms with van der Waals surface area (Å²) in [6.07, 6.45) is 0. The third kappa shape index (κ3) is 3.29. The van der Waals surface area contributed by atoms with E-state index in [1.165, 1.54) is 0 Å². The van der Waals surface area contributed by atoms with E-state index in [2.05, 4.69) is 45.5 Å². The topological polar surface area (TPSA) is 48.5 Å². The molecular weight excluding hydrogens is 442 g/mol. The maximum Gasteiger partial charge on any atom is 0.146 e. The number of hydrogen-bond acceptors (Lipinski definition) is 3. The van der Waals surface area contributed by atoms with Crippen LogP contribution in [0.5, 0.6) is 0 Å². The first kappa shape index (κ1) is 20.4. The van der Waals surface area contributed by atoms with Gasteiger partial charge in [-0.25, -0.2) is 15.0 Å². The van der Waals surface area contributed by atoms with Gasteiger partial charge in [0.1, 0.15) is 23.3 Å². The van der Waals surface area contributed by atoms with Crippen molar-refractivity contribution in [2.75, 3.05) is 0 Å². The highest BCUT2D eigenvalue weighted by molar-refractivity contribution is 5.84. The summed E-state index contributed by atoms with van der Waals surface area (Å²) >= 11 is 0. The van der Waals surface area contributed by atoms with Crippen molar-refractivity contribution in [2.24, 2.45) is 0 Å². The highest BCUT2D eigenvalue weighted by Gasteiger charge is 2.18. The zero-order valence-electron chi connectivity index (χ0n) is 19.4. The molecule has 0 aliphatic heterocycles. The van der Waals surface area contributed by atoms with Crippen LogP contribution in [0.4, 0.5) is 0 Å². The molecule has 0 aliphatic rings. The molecule has 0 saturated heterocycles. The molecule has 0 spiro atoms. The van der Waals surface area contributed by atoms with Crippen LogP contribution in [0.15, 0.2) is 127 Å². The van der Waals surface area contributed by atoms with Crippen molar-refractivity contribution in [1.82, 2.24) is 24.1 Å². The van der Waals surface area contributed by atoms with Gasteiger partial charge in [-0.05, 0) is 36.4 Å².